The molecule has 0 atom stereocenters. The maximum Gasteiger partial charge on any atom is 0.416 e. The summed E-state index contributed by atoms with van der Waals surface area (Å²) in [6.45, 7) is 1.25. The number of amides is 2. The summed E-state index contributed by atoms with van der Waals surface area (Å²) in [5.41, 5.74) is -0.724. The lowest BCUT2D eigenvalue weighted by atomic mass is 9.68. The van der Waals surface area contributed by atoms with Crippen molar-refractivity contribution < 1.29 is 32.2 Å². The van der Waals surface area contributed by atoms with Crippen LogP contribution in [-0.2, 0) is 27.1 Å². The molecule has 2 amide bonds. The lowest BCUT2D eigenvalue weighted by Gasteiger charge is -2.47. The molecule has 2 heterocycles. The number of carbonyl (C=O) groups excluding carboxylic acids is 2. The number of ether oxygens (including phenoxy) is 2. The minimum Gasteiger partial charge on any atom is -0.447 e. The van der Waals surface area contributed by atoms with Crippen molar-refractivity contribution in [1.82, 2.24) is 10.2 Å². The van der Waals surface area contributed by atoms with Crippen LogP contribution in [0.4, 0.5) is 18.0 Å². The third kappa shape index (κ3) is 3.65. The molecule has 1 aromatic carbocycles. The number of likely N-dealkylation sites (tertiary alicyclic amines) is 1. The smallest absolute Gasteiger partial charge is 0.416 e. The van der Waals surface area contributed by atoms with Crippen molar-refractivity contribution in [2.24, 2.45) is 5.92 Å². The van der Waals surface area contributed by atoms with Crippen LogP contribution in [0.2, 0.25) is 5.02 Å². The van der Waals surface area contributed by atoms with Crippen LogP contribution >= 0.6 is 11.6 Å². The van der Waals surface area contributed by atoms with E-state index >= 15 is 0 Å². The molecule has 1 aliphatic carbocycles. The highest BCUT2D eigenvalue weighted by Crippen LogP contribution is 2.42. The summed E-state index contributed by atoms with van der Waals surface area (Å²) in [7, 11) is 0. The van der Waals surface area contributed by atoms with E-state index in [-0.39, 0.29) is 29.6 Å². The van der Waals surface area contributed by atoms with E-state index in [1.807, 2.05) is 0 Å². The summed E-state index contributed by atoms with van der Waals surface area (Å²) in [4.78, 5) is 25.3. The number of nitrogens with zero attached hydrogens (tertiary/aromatic N) is 1. The van der Waals surface area contributed by atoms with Crippen LogP contribution in [0.1, 0.15) is 24.0 Å². The van der Waals surface area contributed by atoms with Gasteiger partial charge in [-0.2, -0.15) is 13.2 Å². The predicted molar refractivity (Wildman–Crippen MR) is 91.5 cm³/mol. The zero-order chi connectivity index (χ0) is 20.1. The Morgan fingerprint density at radius 1 is 1.36 bits per heavy atom. The number of alkyl carbamates (subject to hydrolysis) is 1. The van der Waals surface area contributed by atoms with Crippen LogP contribution in [0.25, 0.3) is 0 Å². The van der Waals surface area contributed by atoms with Gasteiger partial charge in [-0.05, 0) is 30.5 Å². The molecule has 1 N–H and O–H groups in total. The van der Waals surface area contributed by atoms with E-state index in [0.29, 0.717) is 38.1 Å². The van der Waals surface area contributed by atoms with Gasteiger partial charge in [0, 0.05) is 24.0 Å². The molecule has 0 radical (unpaired) electrons. The standard InChI is InChI=1S/C18H18ClF3N2O4/c19-14-3-12(18(20,21)22)2-1-10(14)8-27-13-6-24(7-13)15(25)11-4-17(5-11)9-28-16(26)23-17/h1-3,11,13H,4-9H2,(H,23,26)/t11-,17+. The Hall–Kier alpha value is -2.00. The molecule has 3 fully saturated rings. The van der Waals surface area contributed by atoms with E-state index in [2.05, 4.69) is 5.32 Å². The van der Waals surface area contributed by atoms with Crippen LogP contribution in [0.3, 0.4) is 0 Å². The molecule has 28 heavy (non-hydrogen) atoms. The summed E-state index contributed by atoms with van der Waals surface area (Å²) in [6.07, 6.45) is -3.91. The number of hydrogen-bond acceptors (Lipinski definition) is 4. The summed E-state index contributed by atoms with van der Waals surface area (Å²) < 4.78 is 48.5. The van der Waals surface area contributed by atoms with Gasteiger partial charge in [0.25, 0.3) is 0 Å². The topological polar surface area (TPSA) is 67.9 Å². The molecule has 0 unspecified atom stereocenters. The van der Waals surface area contributed by atoms with Crippen molar-refractivity contribution >= 4 is 23.6 Å². The van der Waals surface area contributed by atoms with Gasteiger partial charge in [-0.1, -0.05) is 17.7 Å². The SMILES string of the molecule is O=C1N[C@]2(CO1)C[C@H](C(=O)N1CC(OCc3ccc(C(F)(F)F)cc3Cl)C1)C2. The first-order chi connectivity index (χ1) is 13.2. The van der Waals surface area contributed by atoms with Gasteiger partial charge in [0.05, 0.1) is 23.8 Å². The molecule has 2 saturated heterocycles. The number of hydrogen-bond donors (Lipinski definition) is 1. The van der Waals surface area contributed by atoms with Gasteiger partial charge in [0.15, 0.2) is 0 Å². The van der Waals surface area contributed by atoms with E-state index in [4.69, 9.17) is 21.1 Å². The Bertz CT molecular complexity index is 805. The van der Waals surface area contributed by atoms with Crippen molar-refractivity contribution in [1.29, 1.82) is 0 Å². The van der Waals surface area contributed by atoms with Crippen LogP contribution in [0.5, 0.6) is 0 Å². The normalized spacial score (nSPS) is 27.2. The number of alkyl halides is 3. The van der Waals surface area contributed by atoms with Gasteiger partial charge in [0.2, 0.25) is 5.91 Å². The van der Waals surface area contributed by atoms with Crippen molar-refractivity contribution in [3.8, 4) is 0 Å². The second-order valence-electron chi connectivity index (χ2n) is 7.57. The molecule has 0 aromatic heterocycles. The lowest BCUT2D eigenvalue weighted by molar-refractivity contribution is -0.155. The summed E-state index contributed by atoms with van der Waals surface area (Å²) in [6, 6.07) is 3.16. The molecular weight excluding hydrogens is 401 g/mol. The first-order valence-corrected chi connectivity index (χ1v) is 9.24. The first kappa shape index (κ1) is 19.3. The molecule has 3 aliphatic rings. The zero-order valence-electron chi connectivity index (χ0n) is 14.7. The second kappa shape index (κ2) is 6.81. The quantitative estimate of drug-likeness (QED) is 0.816. The number of nitrogens with one attached hydrogen (secondary N) is 1. The fourth-order valence-electron chi connectivity index (χ4n) is 3.80. The second-order valence-corrected chi connectivity index (χ2v) is 7.97. The number of cyclic esters (lactones) is 1. The van der Waals surface area contributed by atoms with E-state index < -0.39 is 23.4 Å². The fraction of sp³-hybridized carbons (Fsp3) is 0.556. The first-order valence-electron chi connectivity index (χ1n) is 8.86. The van der Waals surface area contributed by atoms with Crippen LogP contribution in [0, 0.1) is 5.92 Å². The van der Waals surface area contributed by atoms with Gasteiger partial charge >= 0.3 is 12.3 Å². The van der Waals surface area contributed by atoms with E-state index in [9.17, 15) is 22.8 Å². The van der Waals surface area contributed by atoms with Gasteiger partial charge in [-0.25, -0.2) is 4.79 Å². The molecule has 1 saturated carbocycles. The molecule has 2 aliphatic heterocycles. The average molecular weight is 419 g/mol. The monoisotopic (exact) mass is 418 g/mol. The van der Waals surface area contributed by atoms with E-state index in [1.165, 1.54) is 6.07 Å². The Balaban J connectivity index is 1.21. The lowest BCUT2D eigenvalue weighted by Crippen LogP contribution is -2.62. The number of rotatable bonds is 4. The molecule has 10 heteroatoms. The van der Waals surface area contributed by atoms with Crippen LogP contribution < -0.4 is 5.32 Å². The summed E-state index contributed by atoms with van der Waals surface area (Å²) >= 11 is 5.91. The molecule has 152 valence electrons. The van der Waals surface area contributed by atoms with Crippen molar-refractivity contribution in [2.75, 3.05) is 19.7 Å². The van der Waals surface area contributed by atoms with E-state index in [1.54, 1.807) is 4.90 Å². The summed E-state index contributed by atoms with van der Waals surface area (Å²) in [5, 5.41) is 2.76. The Kier molecular flexibility index (Phi) is 4.70. The maximum atomic E-state index is 12.7. The molecule has 4 rings (SSSR count). The minimum absolute atomic E-state index is 0.00248. The highest BCUT2D eigenvalue weighted by Gasteiger charge is 2.54. The summed E-state index contributed by atoms with van der Waals surface area (Å²) in [5.74, 6) is -0.105. The number of halogens is 4. The highest BCUT2D eigenvalue weighted by molar-refractivity contribution is 6.31. The van der Waals surface area contributed by atoms with Crippen molar-refractivity contribution in [2.45, 2.75) is 37.3 Å². The third-order valence-corrected chi connectivity index (χ3v) is 5.84. The van der Waals surface area contributed by atoms with Crippen molar-refractivity contribution in [3.05, 3.63) is 34.3 Å². The molecule has 6 nitrogen and oxygen atoms in total. The molecule has 1 aromatic rings. The molecular formula is C18H18ClF3N2O4. The Labute approximate surface area is 163 Å². The number of benzene rings is 1. The third-order valence-electron chi connectivity index (χ3n) is 5.48. The largest absolute Gasteiger partial charge is 0.447 e. The average Bonchev–Trinajstić information content (AvgIpc) is 2.94. The van der Waals surface area contributed by atoms with Gasteiger partial charge in [-0.3, -0.25) is 4.79 Å². The minimum atomic E-state index is -4.44. The van der Waals surface area contributed by atoms with Gasteiger partial charge in [-0.15, -0.1) is 0 Å². The van der Waals surface area contributed by atoms with E-state index in [0.717, 1.165) is 12.1 Å². The zero-order valence-corrected chi connectivity index (χ0v) is 15.5. The van der Waals surface area contributed by atoms with Gasteiger partial charge in [0.1, 0.15) is 6.61 Å². The predicted octanol–water partition coefficient (Wildman–Crippen LogP) is 2.97. The van der Waals surface area contributed by atoms with Crippen LogP contribution in [-0.4, -0.2) is 48.2 Å². The maximum absolute atomic E-state index is 12.7. The number of carbonyl (C=O) groups is 2. The fourth-order valence-corrected chi connectivity index (χ4v) is 4.04. The molecule has 1 spiro atoms. The van der Waals surface area contributed by atoms with Gasteiger partial charge < -0.3 is 19.7 Å². The highest BCUT2D eigenvalue weighted by atomic mass is 35.5. The van der Waals surface area contributed by atoms with Crippen molar-refractivity contribution in [3.63, 3.8) is 0 Å². The van der Waals surface area contributed by atoms with Crippen LogP contribution in [0.15, 0.2) is 18.2 Å². The Morgan fingerprint density at radius 2 is 2.07 bits per heavy atom. The molecule has 0 bridgehead atoms. The Morgan fingerprint density at radius 3 is 2.64 bits per heavy atom.